The van der Waals surface area contributed by atoms with E-state index in [1.54, 1.807) is 13.0 Å². The largest absolute Gasteiger partial charge is 0.364 e. The van der Waals surface area contributed by atoms with Crippen molar-refractivity contribution < 1.29 is 17.5 Å². The quantitative estimate of drug-likeness (QED) is 0.528. The summed E-state index contributed by atoms with van der Waals surface area (Å²) in [5.74, 6) is 1.54. The minimum atomic E-state index is -3.43. The van der Waals surface area contributed by atoms with Gasteiger partial charge < -0.3 is 19.3 Å². The minimum Gasteiger partial charge on any atom is -0.364 e. The van der Waals surface area contributed by atoms with E-state index in [9.17, 15) is 8.42 Å². The van der Waals surface area contributed by atoms with Gasteiger partial charge in [0.1, 0.15) is 18.6 Å². The van der Waals surface area contributed by atoms with Crippen LogP contribution in [-0.2, 0) is 22.3 Å². The Bertz CT molecular complexity index is 855. The minimum absolute atomic E-state index is 0.159. The van der Waals surface area contributed by atoms with Crippen LogP contribution in [0.2, 0.25) is 0 Å². The normalized spacial score (nSPS) is 16.7. The lowest BCUT2D eigenvalue weighted by Crippen LogP contribution is -2.53. The van der Waals surface area contributed by atoms with Crippen LogP contribution in [-0.4, -0.2) is 71.6 Å². The zero-order chi connectivity index (χ0) is 19.3. The number of piperazine rings is 1. The summed E-state index contributed by atoms with van der Waals surface area (Å²) >= 11 is 0. The summed E-state index contributed by atoms with van der Waals surface area (Å²) in [5.41, 5.74) is 0.405. The first kappa shape index (κ1) is 19.3. The predicted octanol–water partition coefficient (Wildman–Crippen LogP) is -0.0209. The summed E-state index contributed by atoms with van der Waals surface area (Å²) in [6.45, 7) is 6.53. The van der Waals surface area contributed by atoms with E-state index in [4.69, 9.17) is 9.05 Å². The Morgan fingerprint density at radius 3 is 2.67 bits per heavy atom. The Kier molecular flexibility index (Phi) is 6.06. The van der Waals surface area contributed by atoms with Crippen molar-refractivity contribution >= 4 is 16.0 Å². The van der Waals surface area contributed by atoms with Gasteiger partial charge in [0.2, 0.25) is 15.9 Å². The van der Waals surface area contributed by atoms with E-state index in [0.29, 0.717) is 56.1 Å². The molecule has 0 spiro atoms. The summed E-state index contributed by atoms with van der Waals surface area (Å²) in [5, 5.41) is 10.6. The van der Waals surface area contributed by atoms with Crippen molar-refractivity contribution in [3.63, 3.8) is 0 Å². The van der Waals surface area contributed by atoms with Crippen molar-refractivity contribution in [3.8, 4) is 0 Å². The highest BCUT2D eigenvalue weighted by atomic mass is 32.2. The van der Waals surface area contributed by atoms with Gasteiger partial charge in [-0.2, -0.15) is 9.29 Å². The van der Waals surface area contributed by atoms with Gasteiger partial charge in [0.25, 0.3) is 0 Å². The van der Waals surface area contributed by atoms with Crippen molar-refractivity contribution in [2.24, 2.45) is 4.99 Å². The first-order chi connectivity index (χ1) is 13.0. The monoisotopic (exact) mass is 397 g/mol. The number of guanidine groups is 1. The molecular formula is C15H23N7O4S. The fourth-order valence-electron chi connectivity index (χ4n) is 2.74. The van der Waals surface area contributed by atoms with E-state index in [1.807, 2.05) is 11.8 Å². The number of rotatable bonds is 6. The third kappa shape index (κ3) is 5.04. The van der Waals surface area contributed by atoms with Crippen LogP contribution in [0.5, 0.6) is 0 Å². The van der Waals surface area contributed by atoms with E-state index < -0.39 is 10.0 Å². The third-order valence-electron chi connectivity index (χ3n) is 4.02. The molecule has 0 bridgehead atoms. The molecule has 0 saturated carbocycles. The standard InChI is InChI=1S/C15H23N7O4S/c1-3-16-15(17-10-14-18-12(2)19-26-14)21-5-7-22(8-6-21)27(23,24)11-13-4-9-25-20-13/h4,9H,3,5-8,10-11H2,1-2H3,(H,16,17). The van der Waals surface area contributed by atoms with Crippen molar-refractivity contribution in [2.75, 3.05) is 32.7 Å². The zero-order valence-corrected chi connectivity index (χ0v) is 16.1. The van der Waals surface area contributed by atoms with Crippen LogP contribution in [0.3, 0.4) is 0 Å². The number of aromatic nitrogens is 3. The molecule has 1 fully saturated rings. The van der Waals surface area contributed by atoms with Gasteiger partial charge in [0, 0.05) is 38.8 Å². The average Bonchev–Trinajstić information content (AvgIpc) is 3.30. The first-order valence-electron chi connectivity index (χ1n) is 8.67. The summed E-state index contributed by atoms with van der Waals surface area (Å²) < 4.78 is 36.3. The molecule has 0 atom stereocenters. The van der Waals surface area contributed by atoms with Crippen LogP contribution in [0.15, 0.2) is 26.4 Å². The Balaban J connectivity index is 1.60. The zero-order valence-electron chi connectivity index (χ0n) is 15.3. The number of hydrogen-bond acceptors (Lipinski definition) is 8. The smallest absolute Gasteiger partial charge is 0.248 e. The van der Waals surface area contributed by atoms with Crippen LogP contribution in [0.1, 0.15) is 24.3 Å². The number of sulfonamides is 1. The lowest BCUT2D eigenvalue weighted by Gasteiger charge is -2.35. The van der Waals surface area contributed by atoms with Crippen LogP contribution in [0, 0.1) is 6.92 Å². The number of nitrogens with zero attached hydrogens (tertiary/aromatic N) is 6. The van der Waals surface area contributed by atoms with Gasteiger partial charge in [0.05, 0.1) is 5.69 Å². The molecule has 3 heterocycles. The van der Waals surface area contributed by atoms with Crippen LogP contribution in [0.25, 0.3) is 0 Å². The molecule has 1 saturated heterocycles. The van der Waals surface area contributed by atoms with Gasteiger partial charge in [0.15, 0.2) is 11.8 Å². The number of aliphatic imine (C=N–C) groups is 1. The second kappa shape index (κ2) is 8.48. The van der Waals surface area contributed by atoms with E-state index in [-0.39, 0.29) is 12.3 Å². The Labute approximate surface area is 157 Å². The number of aryl methyl sites for hydroxylation is 1. The van der Waals surface area contributed by atoms with Crippen molar-refractivity contribution in [1.82, 2.24) is 29.8 Å². The topological polar surface area (TPSA) is 130 Å². The van der Waals surface area contributed by atoms with Crippen molar-refractivity contribution in [3.05, 3.63) is 29.7 Å². The molecule has 1 N–H and O–H groups in total. The van der Waals surface area contributed by atoms with Gasteiger partial charge in [-0.1, -0.05) is 10.3 Å². The highest BCUT2D eigenvalue weighted by Gasteiger charge is 2.29. The van der Waals surface area contributed by atoms with E-state index in [2.05, 4.69) is 25.6 Å². The maximum Gasteiger partial charge on any atom is 0.248 e. The predicted molar refractivity (Wildman–Crippen MR) is 96.1 cm³/mol. The Hall–Kier alpha value is -2.47. The molecule has 2 aromatic rings. The second-order valence-electron chi connectivity index (χ2n) is 6.04. The lowest BCUT2D eigenvalue weighted by atomic mass is 10.4. The Morgan fingerprint density at radius 2 is 2.07 bits per heavy atom. The van der Waals surface area contributed by atoms with Crippen molar-refractivity contribution in [2.45, 2.75) is 26.1 Å². The summed E-state index contributed by atoms with van der Waals surface area (Å²) in [4.78, 5) is 10.7. The van der Waals surface area contributed by atoms with E-state index >= 15 is 0 Å². The first-order valence-corrected chi connectivity index (χ1v) is 10.3. The fraction of sp³-hybridized carbons (Fsp3) is 0.600. The molecule has 0 aromatic carbocycles. The van der Waals surface area contributed by atoms with Gasteiger partial charge in [-0.3, -0.25) is 0 Å². The lowest BCUT2D eigenvalue weighted by molar-refractivity contribution is 0.259. The molecule has 0 aliphatic carbocycles. The molecular weight excluding hydrogens is 374 g/mol. The van der Waals surface area contributed by atoms with Gasteiger partial charge in [-0.15, -0.1) is 0 Å². The molecule has 12 heteroatoms. The highest BCUT2D eigenvalue weighted by molar-refractivity contribution is 7.88. The highest BCUT2D eigenvalue weighted by Crippen LogP contribution is 2.13. The molecule has 0 amide bonds. The summed E-state index contributed by atoms with van der Waals surface area (Å²) in [6.07, 6.45) is 1.37. The fourth-order valence-corrected chi connectivity index (χ4v) is 4.17. The van der Waals surface area contributed by atoms with Gasteiger partial charge >= 0.3 is 0 Å². The number of nitrogens with one attached hydrogen (secondary N) is 1. The molecule has 1 aliphatic heterocycles. The molecule has 11 nitrogen and oxygen atoms in total. The van der Waals surface area contributed by atoms with Gasteiger partial charge in [-0.05, 0) is 13.8 Å². The number of hydrogen-bond donors (Lipinski definition) is 1. The third-order valence-corrected chi connectivity index (χ3v) is 5.83. The maximum atomic E-state index is 12.5. The molecule has 0 unspecified atom stereocenters. The van der Waals surface area contributed by atoms with E-state index in [1.165, 1.54) is 10.6 Å². The molecule has 148 valence electrons. The summed E-state index contributed by atoms with van der Waals surface area (Å²) in [6, 6.07) is 1.56. The SMILES string of the molecule is CCNC(=NCc1nc(C)no1)N1CCN(S(=O)(=O)Cc2ccon2)CC1. The molecule has 3 rings (SSSR count). The second-order valence-corrected chi connectivity index (χ2v) is 8.01. The van der Waals surface area contributed by atoms with Gasteiger partial charge in [-0.25, -0.2) is 13.4 Å². The van der Waals surface area contributed by atoms with Crippen LogP contribution < -0.4 is 5.32 Å². The molecule has 27 heavy (non-hydrogen) atoms. The maximum absolute atomic E-state index is 12.5. The molecule has 2 aromatic heterocycles. The van der Waals surface area contributed by atoms with Crippen LogP contribution in [0.4, 0.5) is 0 Å². The molecule has 0 radical (unpaired) electrons. The average molecular weight is 397 g/mol. The van der Waals surface area contributed by atoms with Crippen LogP contribution >= 0.6 is 0 Å². The van der Waals surface area contributed by atoms with E-state index in [0.717, 1.165) is 0 Å². The Morgan fingerprint density at radius 1 is 1.30 bits per heavy atom. The van der Waals surface area contributed by atoms with Crippen molar-refractivity contribution in [1.29, 1.82) is 0 Å². The molecule has 1 aliphatic rings. The summed E-state index contributed by atoms with van der Waals surface area (Å²) in [7, 11) is -3.43.